The molecule has 1 aromatic rings. The normalized spacial score (nSPS) is 21.0. The van der Waals surface area contributed by atoms with E-state index in [4.69, 9.17) is 0 Å². The minimum absolute atomic E-state index is 0.0987. The van der Waals surface area contributed by atoms with Gasteiger partial charge in [0.1, 0.15) is 6.54 Å². The molecule has 0 bridgehead atoms. The Morgan fingerprint density at radius 1 is 1.38 bits per heavy atom. The number of nitrogens with zero attached hydrogens (tertiary/aromatic N) is 1. The quantitative estimate of drug-likeness (QED) is 0.742. The standard InChI is InChI=1S/C15H20N2O4/c1-21-14(19)10-17(9-11-5-3-2-4-6-11)15(20)13-7-12(18)8-16-13/h2-6,12-13,16,18H,7-10H2,1H3. The molecule has 1 aliphatic heterocycles. The number of ether oxygens (including phenoxy) is 1. The minimum atomic E-state index is -0.518. The van der Waals surface area contributed by atoms with Crippen molar-refractivity contribution in [3.8, 4) is 0 Å². The summed E-state index contributed by atoms with van der Waals surface area (Å²) < 4.78 is 4.65. The summed E-state index contributed by atoms with van der Waals surface area (Å²) in [5.41, 5.74) is 0.938. The first-order chi connectivity index (χ1) is 10.1. The van der Waals surface area contributed by atoms with Gasteiger partial charge >= 0.3 is 5.97 Å². The van der Waals surface area contributed by atoms with Crippen molar-refractivity contribution in [2.45, 2.75) is 25.1 Å². The first-order valence-corrected chi connectivity index (χ1v) is 6.91. The Labute approximate surface area is 123 Å². The van der Waals surface area contributed by atoms with E-state index in [0.717, 1.165) is 5.56 Å². The van der Waals surface area contributed by atoms with Crippen LogP contribution in [0.3, 0.4) is 0 Å². The van der Waals surface area contributed by atoms with E-state index in [1.807, 2.05) is 30.3 Å². The highest BCUT2D eigenvalue weighted by Crippen LogP contribution is 2.12. The van der Waals surface area contributed by atoms with Gasteiger partial charge in [-0.05, 0) is 12.0 Å². The van der Waals surface area contributed by atoms with E-state index in [0.29, 0.717) is 19.5 Å². The number of carbonyl (C=O) groups is 2. The molecule has 0 aromatic heterocycles. The molecule has 2 N–H and O–H groups in total. The van der Waals surface area contributed by atoms with Gasteiger partial charge in [0, 0.05) is 13.1 Å². The van der Waals surface area contributed by atoms with Crippen LogP contribution >= 0.6 is 0 Å². The Morgan fingerprint density at radius 2 is 2.10 bits per heavy atom. The topological polar surface area (TPSA) is 78.9 Å². The van der Waals surface area contributed by atoms with Crippen molar-refractivity contribution in [1.82, 2.24) is 10.2 Å². The average Bonchev–Trinajstić information content (AvgIpc) is 2.93. The maximum Gasteiger partial charge on any atom is 0.325 e. The number of amides is 1. The van der Waals surface area contributed by atoms with Gasteiger partial charge in [0.15, 0.2) is 0 Å². The first-order valence-electron chi connectivity index (χ1n) is 6.91. The van der Waals surface area contributed by atoms with E-state index >= 15 is 0 Å². The van der Waals surface area contributed by atoms with E-state index in [-0.39, 0.29) is 12.5 Å². The largest absolute Gasteiger partial charge is 0.468 e. The molecule has 2 rings (SSSR count). The smallest absolute Gasteiger partial charge is 0.325 e. The van der Waals surface area contributed by atoms with Crippen molar-refractivity contribution in [3.05, 3.63) is 35.9 Å². The monoisotopic (exact) mass is 292 g/mol. The van der Waals surface area contributed by atoms with Crippen LogP contribution in [0, 0.1) is 0 Å². The fourth-order valence-electron chi connectivity index (χ4n) is 2.36. The van der Waals surface area contributed by atoms with E-state index in [9.17, 15) is 14.7 Å². The number of nitrogens with one attached hydrogen (secondary N) is 1. The number of rotatable bonds is 5. The Bertz CT molecular complexity index is 492. The molecule has 1 amide bonds. The van der Waals surface area contributed by atoms with Crippen LogP contribution in [0.5, 0.6) is 0 Å². The lowest BCUT2D eigenvalue weighted by Gasteiger charge is -2.24. The number of aliphatic hydroxyl groups is 1. The number of methoxy groups -OCH3 is 1. The number of hydrogen-bond acceptors (Lipinski definition) is 5. The van der Waals surface area contributed by atoms with Gasteiger partial charge < -0.3 is 20.1 Å². The molecule has 114 valence electrons. The summed E-state index contributed by atoms with van der Waals surface area (Å²) in [5, 5.41) is 12.5. The number of β-amino-alcohol motifs (C(OH)–C–C–N with tert-alkyl or cyclic N) is 1. The molecule has 0 saturated carbocycles. The van der Waals surface area contributed by atoms with Crippen molar-refractivity contribution in [2.75, 3.05) is 20.2 Å². The molecule has 6 heteroatoms. The van der Waals surface area contributed by atoms with Gasteiger partial charge in [0.05, 0.1) is 19.3 Å². The Hall–Kier alpha value is -1.92. The van der Waals surface area contributed by atoms with Crippen molar-refractivity contribution in [1.29, 1.82) is 0 Å². The molecule has 0 aliphatic carbocycles. The van der Waals surface area contributed by atoms with Crippen LogP contribution in [-0.4, -0.2) is 54.2 Å². The zero-order chi connectivity index (χ0) is 15.2. The van der Waals surface area contributed by atoms with Crippen LogP contribution in [0.25, 0.3) is 0 Å². The summed E-state index contributed by atoms with van der Waals surface area (Å²) in [4.78, 5) is 25.5. The highest BCUT2D eigenvalue weighted by Gasteiger charge is 2.32. The second-order valence-electron chi connectivity index (χ2n) is 5.11. The summed E-state index contributed by atoms with van der Waals surface area (Å²) in [6.07, 6.45) is -0.152. The van der Waals surface area contributed by atoms with Crippen LogP contribution < -0.4 is 5.32 Å². The lowest BCUT2D eigenvalue weighted by atomic mass is 10.1. The van der Waals surface area contributed by atoms with Crippen molar-refractivity contribution < 1.29 is 19.4 Å². The third-order valence-electron chi connectivity index (χ3n) is 3.48. The molecule has 0 radical (unpaired) electrons. The molecule has 2 unspecified atom stereocenters. The number of benzene rings is 1. The Morgan fingerprint density at radius 3 is 2.67 bits per heavy atom. The molecule has 1 saturated heterocycles. The predicted octanol–water partition coefficient (Wildman–Crippen LogP) is -0.0890. The molecule has 1 heterocycles. The van der Waals surface area contributed by atoms with Crippen LogP contribution in [-0.2, 0) is 20.9 Å². The van der Waals surface area contributed by atoms with Crippen molar-refractivity contribution in [2.24, 2.45) is 0 Å². The molecule has 1 aromatic carbocycles. The predicted molar refractivity (Wildman–Crippen MR) is 76.3 cm³/mol. The summed E-state index contributed by atoms with van der Waals surface area (Å²) in [6.45, 7) is 0.634. The van der Waals surface area contributed by atoms with Gasteiger partial charge in [-0.15, -0.1) is 0 Å². The fourth-order valence-corrected chi connectivity index (χ4v) is 2.36. The fraction of sp³-hybridized carbons (Fsp3) is 0.467. The van der Waals surface area contributed by atoms with E-state index in [2.05, 4.69) is 10.1 Å². The van der Waals surface area contributed by atoms with Gasteiger partial charge in [-0.1, -0.05) is 30.3 Å². The first kappa shape index (κ1) is 15.5. The van der Waals surface area contributed by atoms with E-state index in [1.54, 1.807) is 0 Å². The van der Waals surface area contributed by atoms with Crippen LogP contribution in [0.1, 0.15) is 12.0 Å². The molecule has 21 heavy (non-hydrogen) atoms. The van der Waals surface area contributed by atoms with E-state index < -0.39 is 18.1 Å². The van der Waals surface area contributed by atoms with Gasteiger partial charge in [0.25, 0.3) is 0 Å². The molecular weight excluding hydrogens is 272 g/mol. The van der Waals surface area contributed by atoms with Gasteiger partial charge in [-0.3, -0.25) is 9.59 Å². The highest BCUT2D eigenvalue weighted by molar-refractivity contribution is 5.86. The SMILES string of the molecule is COC(=O)CN(Cc1ccccc1)C(=O)C1CC(O)CN1. The lowest BCUT2D eigenvalue weighted by molar-refractivity contribution is -0.148. The average molecular weight is 292 g/mol. The zero-order valence-corrected chi connectivity index (χ0v) is 12.0. The second-order valence-corrected chi connectivity index (χ2v) is 5.11. The van der Waals surface area contributed by atoms with E-state index in [1.165, 1.54) is 12.0 Å². The van der Waals surface area contributed by atoms with Crippen LogP contribution in [0.2, 0.25) is 0 Å². The molecular formula is C15H20N2O4. The summed E-state index contributed by atoms with van der Waals surface area (Å²) in [7, 11) is 1.30. The summed E-state index contributed by atoms with van der Waals surface area (Å²) in [6, 6.07) is 9.00. The third-order valence-corrected chi connectivity index (χ3v) is 3.48. The lowest BCUT2D eigenvalue weighted by Crippen LogP contribution is -2.45. The van der Waals surface area contributed by atoms with Gasteiger partial charge in [0.2, 0.25) is 5.91 Å². The summed E-state index contributed by atoms with van der Waals surface area (Å²) >= 11 is 0. The van der Waals surface area contributed by atoms with Crippen molar-refractivity contribution >= 4 is 11.9 Å². The van der Waals surface area contributed by atoms with Crippen molar-refractivity contribution in [3.63, 3.8) is 0 Å². The summed E-state index contributed by atoms with van der Waals surface area (Å²) in [5.74, 6) is -0.654. The van der Waals surface area contributed by atoms with Crippen LogP contribution in [0.15, 0.2) is 30.3 Å². The molecule has 1 fully saturated rings. The van der Waals surface area contributed by atoms with Gasteiger partial charge in [-0.2, -0.15) is 0 Å². The Balaban J connectivity index is 2.07. The number of aliphatic hydroxyl groups excluding tert-OH is 1. The molecule has 1 aliphatic rings. The van der Waals surface area contributed by atoms with Crippen LogP contribution in [0.4, 0.5) is 0 Å². The number of hydrogen-bond donors (Lipinski definition) is 2. The molecule has 2 atom stereocenters. The molecule has 0 spiro atoms. The minimum Gasteiger partial charge on any atom is -0.468 e. The maximum atomic E-state index is 12.5. The van der Waals surface area contributed by atoms with Gasteiger partial charge in [-0.25, -0.2) is 0 Å². The molecule has 6 nitrogen and oxygen atoms in total. The Kier molecular flexibility index (Phi) is 5.30. The third kappa shape index (κ3) is 4.27. The zero-order valence-electron chi connectivity index (χ0n) is 12.0. The highest BCUT2D eigenvalue weighted by atomic mass is 16.5. The second kappa shape index (κ2) is 7.19. The maximum absolute atomic E-state index is 12.5. The number of esters is 1. The number of carbonyl (C=O) groups excluding carboxylic acids is 2.